The second-order valence-corrected chi connectivity index (χ2v) is 5.89. The van der Waals surface area contributed by atoms with Crippen LogP contribution in [-0.2, 0) is 6.42 Å². The Morgan fingerprint density at radius 3 is 2.53 bits per heavy atom. The van der Waals surface area contributed by atoms with E-state index in [1.807, 2.05) is 0 Å². The molecule has 0 aliphatic carbocycles. The summed E-state index contributed by atoms with van der Waals surface area (Å²) in [5, 5.41) is 3.43. The Morgan fingerprint density at radius 2 is 1.88 bits per heavy atom. The predicted molar refractivity (Wildman–Crippen MR) is 73.3 cm³/mol. The molecule has 0 bridgehead atoms. The lowest BCUT2D eigenvalue weighted by molar-refractivity contribution is 0.452. The van der Waals surface area contributed by atoms with Gasteiger partial charge in [-0.05, 0) is 63.2 Å². The predicted octanol–water partition coefficient (Wildman–Crippen LogP) is 2.43. The van der Waals surface area contributed by atoms with Gasteiger partial charge in [-0.3, -0.25) is 0 Å². The number of nitrogens with one attached hydrogen (secondary N) is 1. The Bertz CT molecular complexity index is 359. The quantitative estimate of drug-likeness (QED) is 0.840. The van der Waals surface area contributed by atoms with Crippen LogP contribution in [0.25, 0.3) is 0 Å². The average molecular weight is 232 g/mol. The first-order valence-electron chi connectivity index (χ1n) is 6.64. The summed E-state index contributed by atoms with van der Waals surface area (Å²) in [5.74, 6) is 0.717. The number of nitrogens with two attached hydrogens (primary N) is 1. The van der Waals surface area contributed by atoms with E-state index in [-0.39, 0.29) is 5.54 Å². The summed E-state index contributed by atoms with van der Waals surface area (Å²) in [6.45, 7) is 6.49. The molecule has 1 aromatic rings. The number of piperidine rings is 1. The standard InChI is InChI=1S/C15H24N2/c1-15(2,16)11-13-5-3-4-6-14(13)12-7-9-17-10-8-12/h3-6,12,17H,7-11,16H2,1-2H3. The minimum absolute atomic E-state index is 0.122. The zero-order valence-electron chi connectivity index (χ0n) is 11.0. The molecular formula is C15H24N2. The van der Waals surface area contributed by atoms with E-state index in [2.05, 4.69) is 43.4 Å². The molecule has 1 saturated heterocycles. The number of hydrogen-bond donors (Lipinski definition) is 2. The number of benzene rings is 1. The fourth-order valence-corrected chi connectivity index (χ4v) is 2.72. The van der Waals surface area contributed by atoms with Crippen LogP contribution in [0.5, 0.6) is 0 Å². The van der Waals surface area contributed by atoms with E-state index in [1.165, 1.54) is 24.0 Å². The Kier molecular flexibility index (Phi) is 3.85. The SMILES string of the molecule is CC(C)(N)Cc1ccccc1C1CCNCC1. The van der Waals surface area contributed by atoms with Gasteiger partial charge < -0.3 is 11.1 Å². The van der Waals surface area contributed by atoms with Crippen molar-refractivity contribution in [1.29, 1.82) is 0 Å². The van der Waals surface area contributed by atoms with Crippen LogP contribution in [-0.4, -0.2) is 18.6 Å². The van der Waals surface area contributed by atoms with Gasteiger partial charge in [0.05, 0.1) is 0 Å². The highest BCUT2D eigenvalue weighted by molar-refractivity contribution is 5.32. The van der Waals surface area contributed by atoms with Gasteiger partial charge in [0.15, 0.2) is 0 Å². The molecule has 0 aromatic heterocycles. The largest absolute Gasteiger partial charge is 0.325 e. The first kappa shape index (κ1) is 12.6. The van der Waals surface area contributed by atoms with E-state index < -0.39 is 0 Å². The highest BCUT2D eigenvalue weighted by Crippen LogP contribution is 2.29. The summed E-state index contributed by atoms with van der Waals surface area (Å²) in [4.78, 5) is 0. The second-order valence-electron chi connectivity index (χ2n) is 5.89. The van der Waals surface area contributed by atoms with Crippen molar-refractivity contribution in [3.63, 3.8) is 0 Å². The van der Waals surface area contributed by atoms with Crippen LogP contribution >= 0.6 is 0 Å². The number of hydrogen-bond acceptors (Lipinski definition) is 2. The Morgan fingerprint density at radius 1 is 1.24 bits per heavy atom. The van der Waals surface area contributed by atoms with Crippen molar-refractivity contribution in [2.45, 2.75) is 44.6 Å². The summed E-state index contributed by atoms with van der Waals surface area (Å²) < 4.78 is 0. The average Bonchev–Trinajstić information content (AvgIpc) is 2.29. The summed E-state index contributed by atoms with van der Waals surface area (Å²) in [5.41, 5.74) is 8.99. The Hall–Kier alpha value is -0.860. The third-order valence-electron chi connectivity index (χ3n) is 3.48. The molecule has 2 heteroatoms. The molecule has 0 amide bonds. The maximum absolute atomic E-state index is 6.15. The topological polar surface area (TPSA) is 38.0 Å². The molecule has 2 nitrogen and oxygen atoms in total. The van der Waals surface area contributed by atoms with Crippen LogP contribution in [0.3, 0.4) is 0 Å². The molecule has 3 N–H and O–H groups in total. The molecule has 1 aliphatic rings. The molecule has 0 radical (unpaired) electrons. The lowest BCUT2D eigenvalue weighted by Crippen LogP contribution is -2.35. The van der Waals surface area contributed by atoms with Gasteiger partial charge >= 0.3 is 0 Å². The smallest absolute Gasteiger partial charge is 0.0138 e. The monoisotopic (exact) mass is 232 g/mol. The molecule has 2 rings (SSSR count). The van der Waals surface area contributed by atoms with Gasteiger partial charge in [0.25, 0.3) is 0 Å². The van der Waals surface area contributed by atoms with Gasteiger partial charge in [-0.15, -0.1) is 0 Å². The molecule has 0 atom stereocenters. The third kappa shape index (κ3) is 3.55. The normalized spacial score (nSPS) is 18.3. The zero-order valence-corrected chi connectivity index (χ0v) is 11.0. The van der Waals surface area contributed by atoms with Crippen LogP contribution < -0.4 is 11.1 Å². The minimum atomic E-state index is -0.122. The maximum atomic E-state index is 6.15. The van der Waals surface area contributed by atoms with Crippen LogP contribution in [0.15, 0.2) is 24.3 Å². The molecule has 0 unspecified atom stereocenters. The number of rotatable bonds is 3. The molecule has 1 fully saturated rings. The molecular weight excluding hydrogens is 208 g/mol. The first-order valence-corrected chi connectivity index (χ1v) is 6.64. The fraction of sp³-hybridized carbons (Fsp3) is 0.600. The highest BCUT2D eigenvalue weighted by Gasteiger charge is 2.20. The van der Waals surface area contributed by atoms with E-state index >= 15 is 0 Å². The van der Waals surface area contributed by atoms with E-state index in [9.17, 15) is 0 Å². The van der Waals surface area contributed by atoms with Crippen molar-refractivity contribution in [3.8, 4) is 0 Å². The van der Waals surface area contributed by atoms with Crippen LogP contribution in [0.2, 0.25) is 0 Å². The molecule has 0 spiro atoms. The van der Waals surface area contributed by atoms with Crippen molar-refractivity contribution in [2.24, 2.45) is 5.73 Å². The maximum Gasteiger partial charge on any atom is 0.0138 e. The van der Waals surface area contributed by atoms with Crippen LogP contribution in [0, 0.1) is 0 Å². The van der Waals surface area contributed by atoms with Gasteiger partial charge in [-0.2, -0.15) is 0 Å². The van der Waals surface area contributed by atoms with Crippen molar-refractivity contribution in [1.82, 2.24) is 5.32 Å². The van der Waals surface area contributed by atoms with Crippen LogP contribution in [0.1, 0.15) is 43.7 Å². The Labute approximate surface area is 105 Å². The molecule has 1 heterocycles. The van der Waals surface area contributed by atoms with E-state index in [0.29, 0.717) is 0 Å². The van der Waals surface area contributed by atoms with Gasteiger partial charge in [-0.1, -0.05) is 24.3 Å². The molecule has 1 aliphatic heterocycles. The Balaban J connectivity index is 2.20. The lowest BCUT2D eigenvalue weighted by Gasteiger charge is -2.27. The van der Waals surface area contributed by atoms with Gasteiger partial charge in [0.2, 0.25) is 0 Å². The molecule has 17 heavy (non-hydrogen) atoms. The minimum Gasteiger partial charge on any atom is -0.325 e. The van der Waals surface area contributed by atoms with Crippen molar-refractivity contribution < 1.29 is 0 Å². The molecule has 94 valence electrons. The van der Waals surface area contributed by atoms with E-state index in [4.69, 9.17) is 5.73 Å². The van der Waals surface area contributed by atoms with E-state index in [0.717, 1.165) is 25.4 Å². The van der Waals surface area contributed by atoms with Crippen molar-refractivity contribution >= 4 is 0 Å². The van der Waals surface area contributed by atoms with Gasteiger partial charge in [0, 0.05) is 5.54 Å². The van der Waals surface area contributed by atoms with Gasteiger partial charge in [0.1, 0.15) is 0 Å². The fourth-order valence-electron chi connectivity index (χ4n) is 2.72. The van der Waals surface area contributed by atoms with E-state index in [1.54, 1.807) is 0 Å². The molecule has 1 aromatic carbocycles. The highest BCUT2D eigenvalue weighted by atomic mass is 14.9. The summed E-state index contributed by atoms with van der Waals surface area (Å²) >= 11 is 0. The summed E-state index contributed by atoms with van der Waals surface area (Å²) in [7, 11) is 0. The third-order valence-corrected chi connectivity index (χ3v) is 3.48. The van der Waals surface area contributed by atoms with Crippen LogP contribution in [0.4, 0.5) is 0 Å². The zero-order chi connectivity index (χ0) is 12.3. The second kappa shape index (κ2) is 5.19. The summed E-state index contributed by atoms with van der Waals surface area (Å²) in [6, 6.07) is 8.82. The summed E-state index contributed by atoms with van der Waals surface area (Å²) in [6.07, 6.45) is 3.47. The first-order chi connectivity index (χ1) is 8.06. The molecule has 0 saturated carbocycles. The van der Waals surface area contributed by atoms with Crippen molar-refractivity contribution in [2.75, 3.05) is 13.1 Å². The lowest BCUT2D eigenvalue weighted by atomic mass is 9.83. The van der Waals surface area contributed by atoms with Crippen molar-refractivity contribution in [3.05, 3.63) is 35.4 Å². The van der Waals surface area contributed by atoms with Gasteiger partial charge in [-0.25, -0.2) is 0 Å².